The van der Waals surface area contributed by atoms with Gasteiger partial charge < -0.3 is 10.2 Å². The first-order valence-corrected chi connectivity index (χ1v) is 11.8. The number of rotatable bonds is 6. The van der Waals surface area contributed by atoms with Crippen molar-refractivity contribution in [3.8, 4) is 5.82 Å². The minimum Gasteiger partial charge on any atom is -0.306 e. The van der Waals surface area contributed by atoms with Crippen LogP contribution in [-0.2, 0) is 0 Å². The van der Waals surface area contributed by atoms with Crippen molar-refractivity contribution in [2.75, 3.05) is 25.0 Å². The molecule has 1 aliphatic rings. The summed E-state index contributed by atoms with van der Waals surface area (Å²) in [5.41, 5.74) is 2.97. The molecule has 1 amide bonds. The lowest BCUT2D eigenvalue weighted by Gasteiger charge is -2.32. The second-order valence-corrected chi connectivity index (χ2v) is 9.43. The first-order valence-electron chi connectivity index (χ1n) is 11.8. The van der Waals surface area contributed by atoms with E-state index in [1.54, 1.807) is 27.7 Å². The van der Waals surface area contributed by atoms with Crippen LogP contribution >= 0.6 is 0 Å². The number of nitrogens with one attached hydrogen (secondary N) is 1. The van der Waals surface area contributed by atoms with Crippen molar-refractivity contribution in [1.29, 1.82) is 0 Å². The normalized spacial score (nSPS) is 15.3. The molecule has 9 heteroatoms. The zero-order valence-electron chi connectivity index (χ0n) is 19.8. The Morgan fingerprint density at radius 2 is 2.00 bits per heavy atom. The molecule has 9 nitrogen and oxygen atoms in total. The number of piperidine rings is 1. The summed E-state index contributed by atoms with van der Waals surface area (Å²) >= 11 is 0. The molecule has 5 heterocycles. The highest BCUT2D eigenvalue weighted by Gasteiger charge is 2.25. The molecule has 34 heavy (non-hydrogen) atoms. The summed E-state index contributed by atoms with van der Waals surface area (Å²) in [4.78, 5) is 24.6. The smallest absolute Gasteiger partial charge is 0.262 e. The van der Waals surface area contributed by atoms with E-state index in [0.29, 0.717) is 34.7 Å². The van der Waals surface area contributed by atoms with Crippen LogP contribution in [0.2, 0.25) is 0 Å². The van der Waals surface area contributed by atoms with Gasteiger partial charge in [0.15, 0.2) is 11.5 Å². The van der Waals surface area contributed by atoms with Gasteiger partial charge in [-0.1, -0.05) is 19.9 Å². The number of aromatic nitrogens is 6. The van der Waals surface area contributed by atoms with Crippen LogP contribution < -0.4 is 5.32 Å². The second kappa shape index (κ2) is 9.34. The number of amides is 1. The quantitative estimate of drug-likeness (QED) is 0.474. The molecule has 0 bridgehead atoms. The Bertz CT molecular complexity index is 1280. The summed E-state index contributed by atoms with van der Waals surface area (Å²) in [6.07, 6.45) is 8.87. The predicted molar refractivity (Wildman–Crippen MR) is 130 cm³/mol. The third-order valence-corrected chi connectivity index (χ3v) is 6.24. The molecule has 0 atom stereocenters. The minimum absolute atomic E-state index is 0.278. The average molecular weight is 459 g/mol. The highest BCUT2D eigenvalue weighted by molar-refractivity contribution is 6.07. The number of aryl methyl sites for hydroxylation is 1. The fourth-order valence-electron chi connectivity index (χ4n) is 4.55. The van der Waals surface area contributed by atoms with Crippen LogP contribution in [0.3, 0.4) is 0 Å². The van der Waals surface area contributed by atoms with Crippen molar-refractivity contribution < 1.29 is 4.79 Å². The molecular formula is C25H30N8O. The Kier molecular flexibility index (Phi) is 6.10. The Labute approximate surface area is 198 Å². The van der Waals surface area contributed by atoms with E-state index in [4.69, 9.17) is 5.10 Å². The molecule has 0 radical (unpaired) electrons. The maximum atomic E-state index is 13.2. The van der Waals surface area contributed by atoms with Crippen molar-refractivity contribution in [3.05, 3.63) is 65.9 Å². The lowest BCUT2D eigenvalue weighted by molar-refractivity contribution is 0.102. The molecule has 1 fully saturated rings. The van der Waals surface area contributed by atoms with Gasteiger partial charge >= 0.3 is 0 Å². The van der Waals surface area contributed by atoms with Crippen molar-refractivity contribution in [2.24, 2.45) is 5.92 Å². The Morgan fingerprint density at radius 1 is 1.18 bits per heavy atom. The van der Waals surface area contributed by atoms with Crippen molar-refractivity contribution >= 4 is 17.4 Å². The first kappa shape index (κ1) is 22.2. The number of carbonyl (C=O) groups is 1. The van der Waals surface area contributed by atoms with Gasteiger partial charge in [-0.05, 0) is 56.5 Å². The molecule has 0 aliphatic carbocycles. The number of likely N-dealkylation sites (tertiary alicyclic amines) is 1. The van der Waals surface area contributed by atoms with Crippen LogP contribution in [0.15, 0.2) is 49.1 Å². The van der Waals surface area contributed by atoms with E-state index in [-0.39, 0.29) is 5.91 Å². The lowest BCUT2D eigenvalue weighted by Crippen LogP contribution is -2.35. The number of fused-ring (bicyclic) bond motifs is 1. The molecule has 0 spiro atoms. The summed E-state index contributed by atoms with van der Waals surface area (Å²) in [5, 5.41) is 12.2. The van der Waals surface area contributed by atoms with Crippen LogP contribution in [0.1, 0.15) is 54.2 Å². The molecule has 0 unspecified atom stereocenters. The molecule has 1 N–H and O–H groups in total. The molecule has 1 aliphatic heterocycles. The van der Waals surface area contributed by atoms with E-state index in [0.717, 1.165) is 43.7 Å². The monoisotopic (exact) mass is 458 g/mol. The third kappa shape index (κ3) is 4.56. The van der Waals surface area contributed by atoms with Crippen LogP contribution in [0, 0.1) is 12.8 Å². The first-order chi connectivity index (χ1) is 16.5. The van der Waals surface area contributed by atoms with Crippen molar-refractivity contribution in [1.82, 2.24) is 34.3 Å². The number of hydrogen-bond acceptors (Lipinski definition) is 6. The van der Waals surface area contributed by atoms with Gasteiger partial charge in [0.1, 0.15) is 11.4 Å². The van der Waals surface area contributed by atoms with E-state index >= 15 is 0 Å². The maximum absolute atomic E-state index is 13.2. The van der Waals surface area contributed by atoms with Gasteiger partial charge in [-0.25, -0.2) is 14.5 Å². The topological polar surface area (TPSA) is 93.2 Å². The average Bonchev–Trinajstić information content (AvgIpc) is 3.44. The molecule has 0 aromatic carbocycles. The predicted octanol–water partition coefficient (Wildman–Crippen LogP) is 3.71. The van der Waals surface area contributed by atoms with Crippen LogP contribution in [0.5, 0.6) is 0 Å². The third-order valence-electron chi connectivity index (χ3n) is 6.24. The number of anilines is 1. The molecular weight excluding hydrogens is 428 g/mol. The number of pyridine rings is 1. The van der Waals surface area contributed by atoms with Gasteiger partial charge in [0.25, 0.3) is 5.91 Å². The van der Waals surface area contributed by atoms with E-state index in [2.05, 4.69) is 39.1 Å². The van der Waals surface area contributed by atoms with Gasteiger partial charge in [-0.15, -0.1) is 0 Å². The fraction of sp³-hybridized carbons (Fsp3) is 0.400. The lowest BCUT2D eigenvalue weighted by atomic mass is 9.93. The molecule has 176 valence electrons. The fourth-order valence-corrected chi connectivity index (χ4v) is 4.55. The Hall–Kier alpha value is -3.59. The maximum Gasteiger partial charge on any atom is 0.262 e. The van der Waals surface area contributed by atoms with Crippen LogP contribution in [-0.4, -0.2) is 59.8 Å². The van der Waals surface area contributed by atoms with E-state index in [1.165, 1.54) is 6.20 Å². The second-order valence-electron chi connectivity index (χ2n) is 9.43. The largest absolute Gasteiger partial charge is 0.306 e. The molecule has 1 saturated heterocycles. The van der Waals surface area contributed by atoms with Gasteiger partial charge in [0, 0.05) is 37.1 Å². The van der Waals surface area contributed by atoms with E-state index in [9.17, 15) is 4.79 Å². The van der Waals surface area contributed by atoms with Crippen molar-refractivity contribution in [3.63, 3.8) is 0 Å². The van der Waals surface area contributed by atoms with Crippen LogP contribution in [0.25, 0.3) is 11.5 Å². The van der Waals surface area contributed by atoms with E-state index in [1.807, 2.05) is 31.3 Å². The Balaban J connectivity index is 1.43. The van der Waals surface area contributed by atoms with Gasteiger partial charge in [0.2, 0.25) is 0 Å². The summed E-state index contributed by atoms with van der Waals surface area (Å²) in [6, 6.07) is 7.68. The summed E-state index contributed by atoms with van der Waals surface area (Å²) in [7, 11) is 0. The number of nitrogens with zero attached hydrogens (tertiary/aromatic N) is 7. The zero-order chi connectivity index (χ0) is 23.7. The van der Waals surface area contributed by atoms with Crippen LogP contribution in [0.4, 0.5) is 5.82 Å². The summed E-state index contributed by atoms with van der Waals surface area (Å²) < 4.78 is 3.32. The number of carbonyl (C=O) groups excluding carboxylic acids is 1. The number of hydrogen-bond donors (Lipinski definition) is 1. The van der Waals surface area contributed by atoms with Gasteiger partial charge in [0.05, 0.1) is 11.9 Å². The molecule has 5 rings (SSSR count). The summed E-state index contributed by atoms with van der Waals surface area (Å²) in [6.45, 7) is 9.77. The highest BCUT2D eigenvalue weighted by atomic mass is 16.1. The van der Waals surface area contributed by atoms with Crippen molar-refractivity contribution in [2.45, 2.75) is 39.5 Å². The summed E-state index contributed by atoms with van der Waals surface area (Å²) in [5.74, 6) is 2.00. The standard InChI is InChI=1S/C25H30N8O/c1-17(2)16-31-11-7-19(8-12-31)21-13-23(33(30-21)22-6-5-18(3)14-27-22)29-25(34)20-15-28-32-10-4-9-26-24(20)32/h4-6,9-10,13-15,17,19H,7-8,11-12,16H2,1-3H3,(H,29,34). The highest BCUT2D eigenvalue weighted by Crippen LogP contribution is 2.30. The van der Waals surface area contributed by atoms with E-state index < -0.39 is 0 Å². The van der Waals surface area contributed by atoms with Gasteiger partial charge in [-0.2, -0.15) is 14.9 Å². The van der Waals surface area contributed by atoms with Gasteiger partial charge in [-0.3, -0.25) is 4.79 Å². The zero-order valence-corrected chi connectivity index (χ0v) is 19.8. The molecule has 4 aromatic rings. The molecule has 4 aromatic heterocycles. The Morgan fingerprint density at radius 3 is 2.74 bits per heavy atom. The SMILES string of the molecule is Cc1ccc(-n2nc(C3CCN(CC(C)C)CC3)cc2NC(=O)c2cnn3cccnc23)nc1. The minimum atomic E-state index is -0.278. The molecule has 0 saturated carbocycles.